The number of carbonyl (C=O) groups excluding carboxylic acids is 1. The number of thiazole rings is 1. The highest BCUT2D eigenvalue weighted by atomic mass is 32.1. The zero-order chi connectivity index (χ0) is 19.0. The van der Waals surface area contributed by atoms with Crippen molar-refractivity contribution in [1.29, 1.82) is 0 Å². The van der Waals surface area contributed by atoms with E-state index in [0.29, 0.717) is 19.6 Å². The van der Waals surface area contributed by atoms with Gasteiger partial charge in [0.25, 0.3) is 0 Å². The van der Waals surface area contributed by atoms with Crippen LogP contribution < -0.4 is 16.0 Å². The summed E-state index contributed by atoms with van der Waals surface area (Å²) in [6.07, 6.45) is 0. The maximum atomic E-state index is 12.6. The maximum absolute atomic E-state index is 12.6. The van der Waals surface area contributed by atoms with Crippen LogP contribution in [0.1, 0.15) is 12.5 Å². The first-order chi connectivity index (χ1) is 13.0. The van der Waals surface area contributed by atoms with Crippen LogP contribution in [0.25, 0.3) is 10.3 Å². The van der Waals surface area contributed by atoms with Crippen molar-refractivity contribution in [2.45, 2.75) is 19.9 Å². The standard InChI is InChI=1S/C18H21N7OS/c1-11-4-3-5-13(8-11)21-18(26)24-6-7-25(12(2)9-24)15-14-16(27-10-20-14)23-17(19)22-15/h3-5,8,10,12H,6-7,9H2,1-2H3,(H,21,26)(H2,19,22,23). The molecule has 3 heterocycles. The van der Waals surface area contributed by atoms with E-state index in [1.165, 1.54) is 11.3 Å². The first kappa shape index (κ1) is 17.5. The minimum atomic E-state index is -0.0897. The van der Waals surface area contributed by atoms with Crippen LogP contribution in [0.5, 0.6) is 0 Å². The molecule has 1 aromatic carbocycles. The Bertz CT molecular complexity index is 989. The molecule has 3 N–H and O–H groups in total. The molecule has 1 saturated heterocycles. The monoisotopic (exact) mass is 383 g/mol. The van der Waals surface area contributed by atoms with Crippen molar-refractivity contribution >= 4 is 45.2 Å². The van der Waals surface area contributed by atoms with Crippen LogP contribution in [0.2, 0.25) is 0 Å². The van der Waals surface area contributed by atoms with E-state index < -0.39 is 0 Å². The third-order valence-corrected chi connectivity index (χ3v) is 5.37. The number of rotatable bonds is 2. The van der Waals surface area contributed by atoms with Crippen LogP contribution in [0.15, 0.2) is 29.8 Å². The number of nitrogen functional groups attached to an aromatic ring is 1. The largest absolute Gasteiger partial charge is 0.368 e. The number of urea groups is 1. The van der Waals surface area contributed by atoms with Crippen LogP contribution in [0.4, 0.5) is 22.2 Å². The molecule has 4 rings (SSSR count). The Morgan fingerprint density at radius 2 is 2.19 bits per heavy atom. The number of anilines is 3. The first-order valence-electron chi connectivity index (χ1n) is 8.77. The summed E-state index contributed by atoms with van der Waals surface area (Å²) in [6.45, 7) is 5.92. The lowest BCUT2D eigenvalue weighted by atomic mass is 10.2. The topological polar surface area (TPSA) is 100 Å². The number of benzene rings is 1. The number of nitrogens with zero attached hydrogens (tertiary/aromatic N) is 5. The molecule has 9 heteroatoms. The molecular formula is C18H21N7OS. The predicted molar refractivity (Wildman–Crippen MR) is 108 cm³/mol. The third-order valence-electron chi connectivity index (χ3n) is 4.65. The molecule has 0 spiro atoms. The zero-order valence-electron chi connectivity index (χ0n) is 15.2. The number of aryl methyl sites for hydroxylation is 1. The number of nitrogens with two attached hydrogens (primary N) is 1. The van der Waals surface area contributed by atoms with Crippen molar-refractivity contribution in [2.24, 2.45) is 0 Å². The van der Waals surface area contributed by atoms with E-state index in [9.17, 15) is 4.79 Å². The molecule has 140 valence electrons. The van der Waals surface area contributed by atoms with Gasteiger partial charge in [-0.2, -0.15) is 4.98 Å². The minimum absolute atomic E-state index is 0.0845. The lowest BCUT2D eigenvalue weighted by molar-refractivity contribution is 0.200. The van der Waals surface area contributed by atoms with Gasteiger partial charge in [-0.25, -0.2) is 14.8 Å². The Kier molecular flexibility index (Phi) is 4.53. The molecule has 0 saturated carbocycles. The Labute approximate surface area is 161 Å². The fourth-order valence-electron chi connectivity index (χ4n) is 3.35. The van der Waals surface area contributed by atoms with Gasteiger partial charge in [0.15, 0.2) is 10.6 Å². The zero-order valence-corrected chi connectivity index (χ0v) is 16.0. The van der Waals surface area contributed by atoms with Gasteiger partial charge in [-0.15, -0.1) is 11.3 Å². The second-order valence-corrected chi connectivity index (χ2v) is 7.53. The highest BCUT2D eigenvalue weighted by Crippen LogP contribution is 2.28. The van der Waals surface area contributed by atoms with Gasteiger partial charge in [0.05, 0.1) is 5.51 Å². The number of aromatic nitrogens is 3. The highest BCUT2D eigenvalue weighted by molar-refractivity contribution is 7.16. The van der Waals surface area contributed by atoms with Crippen molar-refractivity contribution in [3.05, 3.63) is 35.3 Å². The molecular weight excluding hydrogens is 362 g/mol. The Morgan fingerprint density at radius 1 is 1.33 bits per heavy atom. The number of nitrogens with one attached hydrogen (secondary N) is 1. The second-order valence-electron chi connectivity index (χ2n) is 6.70. The van der Waals surface area contributed by atoms with Gasteiger partial charge in [-0.05, 0) is 31.5 Å². The van der Waals surface area contributed by atoms with Gasteiger partial charge in [-0.3, -0.25) is 0 Å². The van der Waals surface area contributed by atoms with E-state index >= 15 is 0 Å². The van der Waals surface area contributed by atoms with E-state index in [-0.39, 0.29) is 18.0 Å². The fourth-order valence-corrected chi connectivity index (χ4v) is 4.01. The normalized spacial score (nSPS) is 17.3. The number of fused-ring (bicyclic) bond motifs is 1. The molecule has 0 aliphatic carbocycles. The maximum Gasteiger partial charge on any atom is 0.321 e. The molecule has 1 unspecified atom stereocenters. The second kappa shape index (κ2) is 6.99. The number of carbonyl (C=O) groups is 1. The molecule has 8 nitrogen and oxygen atoms in total. The van der Waals surface area contributed by atoms with Crippen molar-refractivity contribution in [2.75, 3.05) is 35.6 Å². The van der Waals surface area contributed by atoms with Crippen LogP contribution in [0.3, 0.4) is 0 Å². The average molecular weight is 383 g/mol. The summed E-state index contributed by atoms with van der Waals surface area (Å²) in [4.78, 5) is 30.4. The fraction of sp³-hybridized carbons (Fsp3) is 0.333. The Morgan fingerprint density at radius 3 is 2.96 bits per heavy atom. The van der Waals surface area contributed by atoms with E-state index in [4.69, 9.17) is 5.73 Å². The van der Waals surface area contributed by atoms with Crippen LogP contribution >= 0.6 is 11.3 Å². The van der Waals surface area contributed by atoms with Crippen molar-refractivity contribution in [3.63, 3.8) is 0 Å². The lowest BCUT2D eigenvalue weighted by Gasteiger charge is -2.40. The third kappa shape index (κ3) is 3.50. The van der Waals surface area contributed by atoms with Crippen LogP contribution in [-0.4, -0.2) is 51.6 Å². The van der Waals surface area contributed by atoms with E-state index in [2.05, 4.69) is 32.1 Å². The van der Waals surface area contributed by atoms with Gasteiger partial charge in [0.1, 0.15) is 5.52 Å². The first-order valence-corrected chi connectivity index (χ1v) is 9.65. The number of piperazine rings is 1. The molecule has 1 aliphatic rings. The predicted octanol–water partition coefficient (Wildman–Crippen LogP) is 2.72. The molecule has 27 heavy (non-hydrogen) atoms. The van der Waals surface area contributed by atoms with Gasteiger partial charge in [0, 0.05) is 31.4 Å². The summed E-state index contributed by atoms with van der Waals surface area (Å²) < 4.78 is 0. The Hall–Kier alpha value is -2.94. The summed E-state index contributed by atoms with van der Waals surface area (Å²) in [5.74, 6) is 0.985. The quantitative estimate of drug-likeness (QED) is 0.706. The van der Waals surface area contributed by atoms with E-state index in [1.54, 1.807) is 5.51 Å². The molecule has 2 aromatic heterocycles. The van der Waals surface area contributed by atoms with Gasteiger partial charge in [0.2, 0.25) is 5.95 Å². The van der Waals surface area contributed by atoms with Crippen LogP contribution in [-0.2, 0) is 0 Å². The number of hydrogen-bond acceptors (Lipinski definition) is 7. The molecule has 2 amide bonds. The molecule has 0 bridgehead atoms. The van der Waals surface area contributed by atoms with Crippen molar-refractivity contribution in [3.8, 4) is 0 Å². The Balaban J connectivity index is 1.49. The van der Waals surface area contributed by atoms with E-state index in [1.807, 2.05) is 36.1 Å². The summed E-state index contributed by atoms with van der Waals surface area (Å²) in [5, 5.41) is 2.97. The van der Waals surface area contributed by atoms with Gasteiger partial charge in [-0.1, -0.05) is 12.1 Å². The smallest absolute Gasteiger partial charge is 0.321 e. The molecule has 0 radical (unpaired) electrons. The molecule has 3 aromatic rings. The molecule has 1 aliphatic heterocycles. The number of amides is 2. The minimum Gasteiger partial charge on any atom is -0.368 e. The summed E-state index contributed by atoms with van der Waals surface area (Å²) in [5.41, 5.74) is 10.3. The van der Waals surface area contributed by atoms with Gasteiger partial charge < -0.3 is 20.9 Å². The lowest BCUT2D eigenvalue weighted by Crippen LogP contribution is -2.55. The van der Waals surface area contributed by atoms with E-state index in [0.717, 1.165) is 27.4 Å². The highest BCUT2D eigenvalue weighted by Gasteiger charge is 2.29. The number of hydrogen-bond donors (Lipinski definition) is 2. The van der Waals surface area contributed by atoms with Crippen molar-refractivity contribution in [1.82, 2.24) is 19.9 Å². The summed E-state index contributed by atoms with van der Waals surface area (Å²) in [6, 6.07) is 7.79. The SMILES string of the molecule is Cc1cccc(NC(=O)N2CCN(c3nc(N)nc4scnc34)C(C)C2)c1. The molecule has 1 fully saturated rings. The summed E-state index contributed by atoms with van der Waals surface area (Å²) in [7, 11) is 0. The van der Waals surface area contributed by atoms with Crippen LogP contribution in [0, 0.1) is 6.92 Å². The van der Waals surface area contributed by atoms with Gasteiger partial charge >= 0.3 is 6.03 Å². The average Bonchev–Trinajstić information content (AvgIpc) is 3.09. The molecule has 1 atom stereocenters. The van der Waals surface area contributed by atoms with Crippen molar-refractivity contribution < 1.29 is 4.79 Å². The summed E-state index contributed by atoms with van der Waals surface area (Å²) >= 11 is 1.45.